The van der Waals surface area contributed by atoms with E-state index in [0.717, 1.165) is 22.0 Å². The van der Waals surface area contributed by atoms with E-state index >= 15 is 0 Å². The van der Waals surface area contributed by atoms with Crippen molar-refractivity contribution in [3.8, 4) is 11.4 Å². The number of carbonyl (C=O) groups is 1. The number of nitrogens with one attached hydrogen (secondary N) is 2. The molecule has 4 rings (SSSR count). The zero-order valence-corrected chi connectivity index (χ0v) is 13.6. The van der Waals surface area contributed by atoms with Crippen molar-refractivity contribution >= 4 is 16.8 Å². The van der Waals surface area contributed by atoms with Gasteiger partial charge in [0.15, 0.2) is 0 Å². The summed E-state index contributed by atoms with van der Waals surface area (Å²) in [5.74, 6) is -0.0506. The monoisotopic (exact) mass is 332 g/mol. The summed E-state index contributed by atoms with van der Waals surface area (Å²) in [5, 5.41) is 7.83. The van der Waals surface area contributed by atoms with Gasteiger partial charge in [0, 0.05) is 22.7 Å². The Morgan fingerprint density at radius 3 is 2.84 bits per heavy atom. The highest BCUT2D eigenvalue weighted by Gasteiger charge is 2.18. The number of aromatic amines is 1. The molecule has 0 bridgehead atoms. The van der Waals surface area contributed by atoms with E-state index in [1.807, 2.05) is 67.7 Å². The molecule has 124 valence electrons. The molecule has 2 aromatic carbocycles. The summed E-state index contributed by atoms with van der Waals surface area (Å²) in [6.45, 7) is 1.91. The van der Waals surface area contributed by atoms with Gasteiger partial charge in [-0.2, -0.15) is 4.98 Å². The predicted octanol–water partition coefficient (Wildman–Crippen LogP) is 3.71. The molecule has 0 saturated carbocycles. The highest BCUT2D eigenvalue weighted by atomic mass is 16.5. The summed E-state index contributed by atoms with van der Waals surface area (Å²) in [6, 6.07) is 17.3. The van der Waals surface area contributed by atoms with E-state index in [-0.39, 0.29) is 11.9 Å². The summed E-state index contributed by atoms with van der Waals surface area (Å²) in [4.78, 5) is 19.7. The normalized spacial score (nSPS) is 12.2. The minimum absolute atomic E-state index is 0.0491. The van der Waals surface area contributed by atoms with Gasteiger partial charge in [-0.15, -0.1) is 0 Å². The van der Waals surface area contributed by atoms with Crippen molar-refractivity contribution in [1.82, 2.24) is 20.4 Å². The van der Waals surface area contributed by atoms with Gasteiger partial charge in [-0.1, -0.05) is 35.5 Å². The lowest BCUT2D eigenvalue weighted by atomic mass is 10.1. The third-order valence-electron chi connectivity index (χ3n) is 4.08. The largest absolute Gasteiger partial charge is 0.361 e. The number of aromatic nitrogens is 3. The van der Waals surface area contributed by atoms with Gasteiger partial charge in [-0.05, 0) is 36.8 Å². The van der Waals surface area contributed by atoms with Crippen LogP contribution in [-0.4, -0.2) is 21.0 Å². The van der Waals surface area contributed by atoms with Crippen LogP contribution in [0.4, 0.5) is 0 Å². The van der Waals surface area contributed by atoms with Gasteiger partial charge < -0.3 is 14.8 Å². The lowest BCUT2D eigenvalue weighted by molar-refractivity contribution is 0.0895. The van der Waals surface area contributed by atoms with Crippen LogP contribution in [0.5, 0.6) is 0 Å². The maximum absolute atomic E-state index is 12.3. The van der Waals surface area contributed by atoms with Gasteiger partial charge in [-0.3, -0.25) is 4.79 Å². The summed E-state index contributed by atoms with van der Waals surface area (Å²) in [7, 11) is 0. The highest BCUT2D eigenvalue weighted by Crippen LogP contribution is 2.22. The average Bonchev–Trinajstić information content (AvgIpc) is 3.31. The number of hydrogen-bond donors (Lipinski definition) is 2. The Kier molecular flexibility index (Phi) is 3.78. The van der Waals surface area contributed by atoms with Crippen molar-refractivity contribution in [2.24, 2.45) is 0 Å². The van der Waals surface area contributed by atoms with Crippen LogP contribution in [0.1, 0.15) is 29.2 Å². The zero-order valence-electron chi connectivity index (χ0n) is 13.6. The summed E-state index contributed by atoms with van der Waals surface area (Å²) in [6.07, 6.45) is 1.87. The Balaban J connectivity index is 1.53. The Labute approximate surface area is 143 Å². The molecule has 0 saturated heterocycles. The molecule has 0 aliphatic heterocycles. The topological polar surface area (TPSA) is 83.8 Å². The first-order valence-electron chi connectivity index (χ1n) is 7.98. The molecule has 6 heteroatoms. The Morgan fingerprint density at radius 1 is 1.16 bits per heavy atom. The van der Waals surface area contributed by atoms with Crippen LogP contribution in [0.15, 0.2) is 65.3 Å². The van der Waals surface area contributed by atoms with Crippen LogP contribution in [0.2, 0.25) is 0 Å². The Hall–Kier alpha value is -3.41. The van der Waals surface area contributed by atoms with Crippen molar-refractivity contribution < 1.29 is 9.32 Å². The van der Waals surface area contributed by atoms with Crippen LogP contribution in [0, 0.1) is 0 Å². The molecule has 0 aliphatic carbocycles. The predicted molar refractivity (Wildman–Crippen MR) is 93.9 cm³/mol. The maximum Gasteiger partial charge on any atom is 0.316 e. The number of carbonyl (C=O) groups excluding carboxylic acids is 1. The number of rotatable bonds is 4. The van der Waals surface area contributed by atoms with Crippen LogP contribution >= 0.6 is 0 Å². The van der Waals surface area contributed by atoms with E-state index in [0.29, 0.717) is 5.82 Å². The molecular formula is C19H16N4O2. The quantitative estimate of drug-likeness (QED) is 0.597. The summed E-state index contributed by atoms with van der Waals surface area (Å²) < 4.78 is 5.13. The molecule has 4 aromatic rings. The number of amides is 1. The first-order valence-corrected chi connectivity index (χ1v) is 7.98. The number of nitrogens with zero attached hydrogens (tertiary/aromatic N) is 2. The van der Waals surface area contributed by atoms with Gasteiger partial charge in [0.05, 0.1) is 6.04 Å². The molecule has 1 atom stereocenters. The number of H-pyrrole nitrogens is 1. The fourth-order valence-electron chi connectivity index (χ4n) is 2.71. The molecule has 0 fully saturated rings. The lowest BCUT2D eigenvalue weighted by Crippen LogP contribution is -2.26. The zero-order chi connectivity index (χ0) is 17.2. The third kappa shape index (κ3) is 3.01. The van der Waals surface area contributed by atoms with Crippen LogP contribution in [0.3, 0.4) is 0 Å². The number of benzene rings is 2. The molecule has 2 heterocycles. The molecule has 0 aliphatic rings. The van der Waals surface area contributed by atoms with E-state index < -0.39 is 5.91 Å². The second-order valence-corrected chi connectivity index (χ2v) is 5.81. The van der Waals surface area contributed by atoms with Gasteiger partial charge >= 0.3 is 11.8 Å². The summed E-state index contributed by atoms with van der Waals surface area (Å²) in [5.41, 5.74) is 2.83. The van der Waals surface area contributed by atoms with Gasteiger partial charge in [0.2, 0.25) is 5.82 Å². The Bertz CT molecular complexity index is 1020. The van der Waals surface area contributed by atoms with E-state index in [9.17, 15) is 4.79 Å². The van der Waals surface area contributed by atoms with Crippen LogP contribution in [-0.2, 0) is 0 Å². The van der Waals surface area contributed by atoms with Crippen molar-refractivity contribution in [2.45, 2.75) is 13.0 Å². The molecular weight excluding hydrogens is 316 g/mol. The lowest BCUT2D eigenvalue weighted by Gasteiger charge is -2.12. The van der Waals surface area contributed by atoms with Gasteiger partial charge in [0.25, 0.3) is 0 Å². The molecule has 0 unspecified atom stereocenters. The van der Waals surface area contributed by atoms with E-state index in [4.69, 9.17) is 4.52 Å². The molecule has 6 nitrogen and oxygen atoms in total. The average molecular weight is 332 g/mol. The van der Waals surface area contributed by atoms with Crippen LogP contribution in [0.25, 0.3) is 22.3 Å². The van der Waals surface area contributed by atoms with Crippen molar-refractivity contribution in [3.63, 3.8) is 0 Å². The second kappa shape index (κ2) is 6.24. The molecule has 0 spiro atoms. The van der Waals surface area contributed by atoms with Gasteiger partial charge in [-0.25, -0.2) is 0 Å². The third-order valence-corrected chi connectivity index (χ3v) is 4.08. The van der Waals surface area contributed by atoms with Crippen LogP contribution < -0.4 is 5.32 Å². The van der Waals surface area contributed by atoms with Crippen molar-refractivity contribution in [2.75, 3.05) is 0 Å². The summed E-state index contributed by atoms with van der Waals surface area (Å²) >= 11 is 0. The van der Waals surface area contributed by atoms with E-state index in [1.165, 1.54) is 0 Å². The highest BCUT2D eigenvalue weighted by molar-refractivity contribution is 5.90. The van der Waals surface area contributed by atoms with Gasteiger partial charge in [0.1, 0.15) is 0 Å². The molecule has 2 aromatic heterocycles. The first-order chi connectivity index (χ1) is 12.2. The van der Waals surface area contributed by atoms with Crippen molar-refractivity contribution in [3.05, 3.63) is 72.2 Å². The SMILES string of the molecule is C[C@@H](NC(=O)c1nc(-c2ccc3[nH]ccc3c2)no1)c1ccccc1. The Morgan fingerprint density at radius 2 is 2.00 bits per heavy atom. The fourth-order valence-corrected chi connectivity index (χ4v) is 2.71. The first kappa shape index (κ1) is 15.1. The number of fused-ring (bicyclic) bond motifs is 1. The minimum atomic E-state index is -0.391. The molecule has 0 radical (unpaired) electrons. The number of hydrogen-bond acceptors (Lipinski definition) is 4. The molecule has 2 N–H and O–H groups in total. The van der Waals surface area contributed by atoms with E-state index in [1.54, 1.807) is 0 Å². The fraction of sp³-hybridized carbons (Fsp3) is 0.105. The minimum Gasteiger partial charge on any atom is -0.361 e. The van der Waals surface area contributed by atoms with Crippen molar-refractivity contribution in [1.29, 1.82) is 0 Å². The van der Waals surface area contributed by atoms with E-state index in [2.05, 4.69) is 20.4 Å². The molecule has 25 heavy (non-hydrogen) atoms. The second-order valence-electron chi connectivity index (χ2n) is 5.81. The maximum atomic E-state index is 12.3. The molecule has 1 amide bonds. The standard InChI is InChI=1S/C19H16N4O2/c1-12(13-5-3-2-4-6-13)21-18(24)19-22-17(23-25-19)15-7-8-16-14(11-15)9-10-20-16/h2-12,20H,1H3,(H,21,24)/t12-/m1/s1. The smallest absolute Gasteiger partial charge is 0.316 e.